The van der Waals surface area contributed by atoms with Crippen molar-refractivity contribution in [1.29, 1.82) is 0 Å². The maximum Gasteiger partial charge on any atom is 0.222 e. The lowest BCUT2D eigenvalue weighted by Crippen LogP contribution is -2.22. The minimum Gasteiger partial charge on any atom is -0.395 e. The number of hydrogen-bond donors (Lipinski definition) is 3. The van der Waals surface area contributed by atoms with E-state index in [9.17, 15) is 4.79 Å². The van der Waals surface area contributed by atoms with Crippen molar-refractivity contribution in [3.8, 4) is 0 Å². The molecule has 0 bridgehead atoms. The third-order valence-corrected chi connectivity index (χ3v) is 3.67. The van der Waals surface area contributed by atoms with Gasteiger partial charge in [-0.05, 0) is 12.1 Å². The summed E-state index contributed by atoms with van der Waals surface area (Å²) in [6.45, 7) is 0.646. The summed E-state index contributed by atoms with van der Waals surface area (Å²) in [4.78, 5) is 15.3. The van der Waals surface area contributed by atoms with E-state index in [0.29, 0.717) is 18.7 Å². The number of hydrogen-bond acceptors (Lipinski definition) is 5. The number of aromatic nitrogens is 1. The predicted octanol–water partition coefficient (Wildman–Crippen LogP) is 1.18. The van der Waals surface area contributed by atoms with E-state index in [1.54, 1.807) is 16.8 Å². The van der Waals surface area contributed by atoms with E-state index in [0.717, 1.165) is 15.9 Å². The number of rotatable bonds is 2. The first kappa shape index (κ1) is 10.3. The van der Waals surface area contributed by atoms with Gasteiger partial charge in [0.05, 0.1) is 27.6 Å². The Bertz CT molecular complexity index is 580. The molecule has 5 nitrogen and oxygen atoms in total. The Morgan fingerprint density at radius 2 is 2.41 bits per heavy atom. The first-order valence-electron chi connectivity index (χ1n) is 5.39. The third-order valence-electron chi connectivity index (χ3n) is 2.88. The minimum absolute atomic E-state index is 0.0795. The molecule has 1 saturated heterocycles. The number of nitrogens with zero attached hydrogens (tertiary/aromatic N) is 1. The van der Waals surface area contributed by atoms with Crippen LogP contribution in [-0.2, 0) is 4.79 Å². The molecule has 4 N–H and O–H groups in total. The topological polar surface area (TPSA) is 80.0 Å². The third kappa shape index (κ3) is 1.80. The molecule has 0 aliphatic carbocycles. The van der Waals surface area contributed by atoms with Gasteiger partial charge in [0.15, 0.2) is 0 Å². The Hall–Kier alpha value is -1.82. The smallest absolute Gasteiger partial charge is 0.222 e. The van der Waals surface area contributed by atoms with Gasteiger partial charge in [-0.3, -0.25) is 4.79 Å². The maximum atomic E-state index is 11.1. The molecule has 3 rings (SSSR count). The van der Waals surface area contributed by atoms with E-state index >= 15 is 0 Å². The van der Waals surface area contributed by atoms with E-state index in [1.165, 1.54) is 0 Å². The Morgan fingerprint density at radius 1 is 1.53 bits per heavy atom. The van der Waals surface area contributed by atoms with Crippen LogP contribution in [0.25, 0.3) is 10.2 Å². The first-order chi connectivity index (χ1) is 8.24. The van der Waals surface area contributed by atoms with Crippen molar-refractivity contribution in [2.75, 3.05) is 17.6 Å². The number of anilines is 2. The van der Waals surface area contributed by atoms with E-state index in [-0.39, 0.29) is 11.9 Å². The van der Waals surface area contributed by atoms with Gasteiger partial charge in [-0.1, -0.05) is 0 Å². The highest BCUT2D eigenvalue weighted by molar-refractivity contribution is 7.16. The Kier molecular flexibility index (Phi) is 2.36. The van der Waals surface area contributed by atoms with E-state index in [4.69, 9.17) is 5.73 Å². The number of carbonyl (C=O) groups is 1. The summed E-state index contributed by atoms with van der Waals surface area (Å²) >= 11 is 1.57. The highest BCUT2D eigenvalue weighted by Gasteiger charge is 2.21. The molecule has 1 amide bonds. The van der Waals surface area contributed by atoms with Gasteiger partial charge < -0.3 is 16.4 Å². The van der Waals surface area contributed by atoms with Crippen LogP contribution in [0.2, 0.25) is 0 Å². The van der Waals surface area contributed by atoms with Gasteiger partial charge in [0.1, 0.15) is 5.52 Å². The average molecular weight is 248 g/mol. The van der Waals surface area contributed by atoms with Crippen LogP contribution in [-0.4, -0.2) is 23.5 Å². The normalized spacial score (nSPS) is 19.5. The van der Waals surface area contributed by atoms with Crippen molar-refractivity contribution in [1.82, 2.24) is 10.3 Å². The van der Waals surface area contributed by atoms with E-state index in [1.807, 2.05) is 12.1 Å². The van der Waals surface area contributed by atoms with Crippen molar-refractivity contribution in [2.45, 2.75) is 12.5 Å². The van der Waals surface area contributed by atoms with Gasteiger partial charge in [0.2, 0.25) is 5.91 Å². The standard InChI is InChI=1S/C11H12N4OS/c12-10-7(15-6-3-9(16)13-4-6)1-2-8-11(10)14-5-17-8/h1-2,5-6,15H,3-4,12H2,(H,13,16). The SMILES string of the molecule is Nc1c(NC2CNC(=O)C2)ccc2scnc12. The number of fused-ring (bicyclic) bond motifs is 1. The zero-order valence-electron chi connectivity index (χ0n) is 9.06. The van der Waals surface area contributed by atoms with Crippen molar-refractivity contribution in [2.24, 2.45) is 0 Å². The zero-order valence-corrected chi connectivity index (χ0v) is 9.88. The molecular weight excluding hydrogens is 236 g/mol. The molecule has 6 heteroatoms. The number of nitrogens with one attached hydrogen (secondary N) is 2. The molecular formula is C11H12N4OS. The molecule has 0 spiro atoms. The van der Waals surface area contributed by atoms with Crippen molar-refractivity contribution < 1.29 is 4.79 Å². The summed E-state index contributed by atoms with van der Waals surface area (Å²) in [5.41, 5.74) is 10.2. The van der Waals surface area contributed by atoms with Gasteiger partial charge in [-0.25, -0.2) is 4.98 Å². The van der Waals surface area contributed by atoms with Gasteiger partial charge >= 0.3 is 0 Å². The Balaban J connectivity index is 1.89. The molecule has 1 aromatic heterocycles. The molecule has 1 aliphatic rings. The molecule has 0 radical (unpaired) electrons. The molecule has 0 saturated carbocycles. The quantitative estimate of drug-likeness (QED) is 0.697. The van der Waals surface area contributed by atoms with Crippen LogP contribution in [0.3, 0.4) is 0 Å². The number of amides is 1. The van der Waals surface area contributed by atoms with Crippen LogP contribution in [0, 0.1) is 0 Å². The fraction of sp³-hybridized carbons (Fsp3) is 0.273. The van der Waals surface area contributed by atoms with Crippen LogP contribution >= 0.6 is 11.3 Å². The second kappa shape index (κ2) is 3.89. The summed E-state index contributed by atoms with van der Waals surface area (Å²) in [5, 5.41) is 6.06. The summed E-state index contributed by atoms with van der Waals surface area (Å²) in [6.07, 6.45) is 0.495. The molecule has 2 heterocycles. The first-order valence-corrected chi connectivity index (χ1v) is 6.27. The molecule has 1 unspecified atom stereocenters. The van der Waals surface area contributed by atoms with Gasteiger partial charge in [0.25, 0.3) is 0 Å². The summed E-state index contributed by atoms with van der Waals surface area (Å²) in [7, 11) is 0. The monoisotopic (exact) mass is 248 g/mol. The Labute approximate surface area is 102 Å². The lowest BCUT2D eigenvalue weighted by molar-refractivity contribution is -0.119. The minimum atomic E-state index is 0.0795. The van der Waals surface area contributed by atoms with Crippen LogP contribution in [0.1, 0.15) is 6.42 Å². The zero-order chi connectivity index (χ0) is 11.8. The largest absolute Gasteiger partial charge is 0.395 e. The van der Waals surface area contributed by atoms with E-state index in [2.05, 4.69) is 15.6 Å². The fourth-order valence-electron chi connectivity index (χ4n) is 2.01. The molecule has 1 aliphatic heterocycles. The lowest BCUT2D eigenvalue weighted by atomic mass is 10.2. The van der Waals surface area contributed by atoms with Crippen molar-refractivity contribution >= 4 is 38.8 Å². The Morgan fingerprint density at radius 3 is 3.18 bits per heavy atom. The summed E-state index contributed by atoms with van der Waals surface area (Å²) in [5.74, 6) is 0.0795. The van der Waals surface area contributed by atoms with Crippen LogP contribution in [0.5, 0.6) is 0 Å². The van der Waals surface area contributed by atoms with Gasteiger partial charge in [0, 0.05) is 13.0 Å². The van der Waals surface area contributed by atoms with Crippen molar-refractivity contribution in [3.63, 3.8) is 0 Å². The van der Waals surface area contributed by atoms with Gasteiger partial charge in [-0.15, -0.1) is 11.3 Å². The molecule has 88 valence electrons. The number of carbonyl (C=O) groups excluding carboxylic acids is 1. The van der Waals surface area contributed by atoms with Crippen LogP contribution in [0.4, 0.5) is 11.4 Å². The van der Waals surface area contributed by atoms with Crippen LogP contribution < -0.4 is 16.4 Å². The second-order valence-corrected chi connectivity index (χ2v) is 4.96. The molecule has 1 atom stereocenters. The maximum absolute atomic E-state index is 11.1. The van der Waals surface area contributed by atoms with Crippen LogP contribution in [0.15, 0.2) is 17.6 Å². The number of benzene rings is 1. The lowest BCUT2D eigenvalue weighted by Gasteiger charge is -2.14. The second-order valence-electron chi connectivity index (χ2n) is 4.08. The molecule has 1 aromatic carbocycles. The van der Waals surface area contributed by atoms with E-state index < -0.39 is 0 Å². The summed E-state index contributed by atoms with van der Waals surface area (Å²) < 4.78 is 1.08. The van der Waals surface area contributed by atoms with Crippen molar-refractivity contribution in [3.05, 3.63) is 17.6 Å². The molecule has 17 heavy (non-hydrogen) atoms. The molecule has 1 fully saturated rings. The highest BCUT2D eigenvalue weighted by atomic mass is 32.1. The van der Waals surface area contributed by atoms with Gasteiger partial charge in [-0.2, -0.15) is 0 Å². The number of nitrogen functional groups attached to an aromatic ring is 1. The number of thiazole rings is 1. The summed E-state index contributed by atoms with van der Waals surface area (Å²) in [6, 6.07) is 4.05. The fourth-order valence-corrected chi connectivity index (χ4v) is 2.70. The average Bonchev–Trinajstić information content (AvgIpc) is 2.92. The highest BCUT2D eigenvalue weighted by Crippen LogP contribution is 2.30. The molecule has 2 aromatic rings. The number of nitrogens with two attached hydrogens (primary N) is 1. The predicted molar refractivity (Wildman–Crippen MR) is 69.1 cm³/mol.